The van der Waals surface area contributed by atoms with Gasteiger partial charge in [-0.2, -0.15) is 5.10 Å². The molecule has 5 nitrogen and oxygen atoms in total. The summed E-state index contributed by atoms with van der Waals surface area (Å²) in [5.74, 6) is 0.404. The molecule has 0 spiro atoms. The second-order valence-electron chi connectivity index (χ2n) is 3.11. The Labute approximate surface area is 88.4 Å². The molecule has 82 valence electrons. The van der Waals surface area contributed by atoms with E-state index in [4.69, 9.17) is 5.11 Å². The molecule has 0 bridgehead atoms. The Morgan fingerprint density at radius 1 is 1.73 bits per heavy atom. The molecular weight excluding hydrogens is 194 g/mol. The summed E-state index contributed by atoms with van der Waals surface area (Å²) in [7, 11) is 0. The van der Waals surface area contributed by atoms with Gasteiger partial charge in [-0.3, -0.25) is 4.79 Å². The van der Waals surface area contributed by atoms with Gasteiger partial charge in [0.2, 0.25) is 5.91 Å². The van der Waals surface area contributed by atoms with Gasteiger partial charge in [0.15, 0.2) is 0 Å². The highest BCUT2D eigenvalue weighted by Crippen LogP contribution is 2.09. The van der Waals surface area contributed by atoms with Crippen LogP contribution in [0.3, 0.4) is 0 Å². The number of anilines is 1. The highest BCUT2D eigenvalue weighted by molar-refractivity contribution is 5.98. The maximum absolute atomic E-state index is 11.3. The highest BCUT2D eigenvalue weighted by atomic mass is 16.3. The highest BCUT2D eigenvalue weighted by Gasteiger charge is 2.06. The van der Waals surface area contributed by atoms with Crippen LogP contribution in [-0.2, 0) is 11.3 Å². The molecule has 0 aliphatic rings. The van der Waals surface area contributed by atoms with Gasteiger partial charge in [0.25, 0.3) is 0 Å². The molecule has 2 N–H and O–H groups in total. The lowest BCUT2D eigenvalue weighted by atomic mass is 10.4. The SMILES string of the molecule is C/C=C/C(=O)Nc1cc(C)nn1CCO. The van der Waals surface area contributed by atoms with Crippen LogP contribution in [0.2, 0.25) is 0 Å². The van der Waals surface area contributed by atoms with Crippen molar-refractivity contribution in [3.63, 3.8) is 0 Å². The van der Waals surface area contributed by atoms with E-state index >= 15 is 0 Å². The van der Waals surface area contributed by atoms with Gasteiger partial charge in [0.05, 0.1) is 18.8 Å². The van der Waals surface area contributed by atoms with E-state index in [9.17, 15) is 4.79 Å². The maximum atomic E-state index is 11.3. The van der Waals surface area contributed by atoms with Gasteiger partial charge < -0.3 is 10.4 Å². The van der Waals surface area contributed by atoms with Gasteiger partial charge in [-0.05, 0) is 19.9 Å². The summed E-state index contributed by atoms with van der Waals surface area (Å²) in [5, 5.41) is 15.6. The van der Waals surface area contributed by atoms with Gasteiger partial charge in [-0.25, -0.2) is 4.68 Å². The van der Waals surface area contributed by atoms with Crippen molar-refractivity contribution < 1.29 is 9.90 Å². The topological polar surface area (TPSA) is 67.2 Å². The number of nitrogens with zero attached hydrogens (tertiary/aromatic N) is 2. The molecule has 1 aromatic heterocycles. The third-order valence-electron chi connectivity index (χ3n) is 1.78. The predicted molar refractivity (Wildman–Crippen MR) is 57.5 cm³/mol. The maximum Gasteiger partial charge on any atom is 0.249 e. The van der Waals surface area contributed by atoms with Crippen molar-refractivity contribution in [3.8, 4) is 0 Å². The van der Waals surface area contributed by atoms with Crippen molar-refractivity contribution in [2.24, 2.45) is 0 Å². The van der Waals surface area contributed by atoms with Gasteiger partial charge in [-0.15, -0.1) is 0 Å². The average molecular weight is 209 g/mol. The third-order valence-corrected chi connectivity index (χ3v) is 1.78. The van der Waals surface area contributed by atoms with E-state index in [1.807, 2.05) is 6.92 Å². The van der Waals surface area contributed by atoms with Crippen LogP contribution < -0.4 is 5.32 Å². The molecule has 0 radical (unpaired) electrons. The zero-order valence-corrected chi connectivity index (χ0v) is 8.90. The average Bonchev–Trinajstić information content (AvgIpc) is 2.47. The molecule has 0 saturated heterocycles. The summed E-state index contributed by atoms with van der Waals surface area (Å²) in [5.41, 5.74) is 0.805. The molecular formula is C10H15N3O2. The number of aryl methyl sites for hydroxylation is 1. The van der Waals surface area contributed by atoms with Crippen LogP contribution in [0.4, 0.5) is 5.82 Å². The van der Waals surface area contributed by atoms with Crippen LogP contribution in [0, 0.1) is 6.92 Å². The van der Waals surface area contributed by atoms with Crippen molar-refractivity contribution in [2.45, 2.75) is 20.4 Å². The van der Waals surface area contributed by atoms with Crippen LogP contribution >= 0.6 is 0 Å². The van der Waals surface area contributed by atoms with E-state index in [1.165, 1.54) is 6.08 Å². The van der Waals surface area contributed by atoms with E-state index in [0.29, 0.717) is 12.4 Å². The number of aromatic nitrogens is 2. The summed E-state index contributed by atoms with van der Waals surface area (Å²) in [6, 6.07) is 1.76. The molecule has 0 saturated carbocycles. The normalized spacial score (nSPS) is 10.9. The first-order valence-corrected chi connectivity index (χ1v) is 4.76. The van der Waals surface area contributed by atoms with Crippen molar-refractivity contribution in [1.82, 2.24) is 9.78 Å². The molecule has 1 aromatic rings. The number of aliphatic hydroxyl groups excluding tert-OH is 1. The van der Waals surface area contributed by atoms with Gasteiger partial charge in [0, 0.05) is 6.07 Å². The van der Waals surface area contributed by atoms with E-state index in [0.717, 1.165) is 5.69 Å². The number of hydrogen-bond donors (Lipinski definition) is 2. The number of hydrogen-bond acceptors (Lipinski definition) is 3. The monoisotopic (exact) mass is 209 g/mol. The summed E-state index contributed by atoms with van der Waals surface area (Å²) in [6.07, 6.45) is 3.10. The number of nitrogens with one attached hydrogen (secondary N) is 1. The Morgan fingerprint density at radius 2 is 2.47 bits per heavy atom. The van der Waals surface area contributed by atoms with E-state index in [-0.39, 0.29) is 12.5 Å². The first-order valence-electron chi connectivity index (χ1n) is 4.76. The van der Waals surface area contributed by atoms with Crippen molar-refractivity contribution in [1.29, 1.82) is 0 Å². The first kappa shape index (κ1) is 11.5. The lowest BCUT2D eigenvalue weighted by molar-refractivity contribution is -0.112. The summed E-state index contributed by atoms with van der Waals surface area (Å²) >= 11 is 0. The minimum atomic E-state index is -0.198. The summed E-state index contributed by atoms with van der Waals surface area (Å²) in [6.45, 7) is 3.97. The number of aliphatic hydroxyl groups is 1. The smallest absolute Gasteiger partial charge is 0.249 e. The molecule has 5 heteroatoms. The van der Waals surface area contributed by atoms with Crippen molar-refractivity contribution >= 4 is 11.7 Å². The van der Waals surface area contributed by atoms with Crippen LogP contribution in [-0.4, -0.2) is 27.4 Å². The third kappa shape index (κ3) is 3.21. The molecule has 0 unspecified atom stereocenters. The zero-order chi connectivity index (χ0) is 11.3. The van der Waals surface area contributed by atoms with E-state index in [2.05, 4.69) is 10.4 Å². The lowest BCUT2D eigenvalue weighted by Crippen LogP contribution is -2.14. The van der Waals surface area contributed by atoms with E-state index < -0.39 is 0 Å². The Bertz CT molecular complexity index is 369. The fraction of sp³-hybridized carbons (Fsp3) is 0.400. The Hall–Kier alpha value is -1.62. The Morgan fingerprint density at radius 3 is 3.07 bits per heavy atom. The zero-order valence-electron chi connectivity index (χ0n) is 8.90. The molecule has 0 aromatic carbocycles. The van der Waals surface area contributed by atoms with Crippen LogP contribution in [0.1, 0.15) is 12.6 Å². The number of amides is 1. The van der Waals surface area contributed by atoms with E-state index in [1.54, 1.807) is 23.7 Å². The number of allylic oxidation sites excluding steroid dienone is 1. The Kier molecular flexibility index (Phi) is 4.05. The lowest BCUT2D eigenvalue weighted by Gasteiger charge is -2.05. The molecule has 0 atom stereocenters. The Balaban J connectivity index is 2.78. The fourth-order valence-electron chi connectivity index (χ4n) is 1.23. The minimum Gasteiger partial charge on any atom is -0.394 e. The molecule has 0 aliphatic heterocycles. The molecule has 15 heavy (non-hydrogen) atoms. The van der Waals surface area contributed by atoms with Crippen LogP contribution in [0.15, 0.2) is 18.2 Å². The van der Waals surface area contributed by atoms with Gasteiger partial charge >= 0.3 is 0 Å². The summed E-state index contributed by atoms with van der Waals surface area (Å²) < 4.78 is 1.57. The van der Waals surface area contributed by atoms with Crippen molar-refractivity contribution in [3.05, 3.63) is 23.9 Å². The quantitative estimate of drug-likeness (QED) is 0.717. The largest absolute Gasteiger partial charge is 0.394 e. The molecule has 1 amide bonds. The predicted octanol–water partition coefficient (Wildman–Crippen LogP) is 0.698. The molecule has 1 rings (SSSR count). The van der Waals surface area contributed by atoms with Crippen molar-refractivity contribution in [2.75, 3.05) is 11.9 Å². The fourth-order valence-corrected chi connectivity index (χ4v) is 1.23. The minimum absolute atomic E-state index is 0.00634. The van der Waals surface area contributed by atoms with Gasteiger partial charge in [-0.1, -0.05) is 6.08 Å². The van der Waals surface area contributed by atoms with Crippen LogP contribution in [0.25, 0.3) is 0 Å². The molecule has 1 heterocycles. The number of carbonyl (C=O) groups excluding carboxylic acids is 1. The van der Waals surface area contributed by atoms with Crippen LogP contribution in [0.5, 0.6) is 0 Å². The molecule has 0 fully saturated rings. The second-order valence-corrected chi connectivity index (χ2v) is 3.11. The second kappa shape index (κ2) is 5.31. The number of rotatable bonds is 4. The number of carbonyl (C=O) groups is 1. The first-order chi connectivity index (χ1) is 7.17. The standard InChI is InChI=1S/C10H15N3O2/c1-3-4-10(15)11-9-7-8(2)12-13(9)5-6-14/h3-4,7,14H,5-6H2,1-2H3,(H,11,15)/b4-3+. The van der Waals surface area contributed by atoms with Gasteiger partial charge in [0.1, 0.15) is 5.82 Å². The molecule has 0 aliphatic carbocycles. The summed E-state index contributed by atoms with van der Waals surface area (Å²) in [4.78, 5) is 11.3.